The van der Waals surface area contributed by atoms with Crippen LogP contribution in [-0.2, 0) is 4.79 Å². The number of benzene rings is 1. The Morgan fingerprint density at radius 2 is 2.22 bits per heavy atom. The number of nitrogens with one attached hydrogen (secondary N) is 1. The van der Waals surface area contributed by atoms with E-state index in [1.807, 2.05) is 11.9 Å². The van der Waals surface area contributed by atoms with Crippen LogP contribution in [0.15, 0.2) is 18.2 Å². The SMILES string of the molecule is CCCCN(C)CC(=O)Nc1cc(N)ccc1Cl. The van der Waals surface area contributed by atoms with Crippen LogP contribution < -0.4 is 11.1 Å². The molecule has 100 valence electrons. The van der Waals surface area contributed by atoms with Crippen LogP contribution in [0.1, 0.15) is 19.8 Å². The molecule has 1 aromatic rings. The van der Waals surface area contributed by atoms with Crippen LogP contribution in [-0.4, -0.2) is 30.9 Å². The fraction of sp³-hybridized carbons (Fsp3) is 0.462. The Morgan fingerprint density at radius 1 is 1.50 bits per heavy atom. The Morgan fingerprint density at radius 3 is 2.89 bits per heavy atom. The second-order valence-electron chi connectivity index (χ2n) is 4.38. The fourth-order valence-corrected chi connectivity index (χ4v) is 1.75. The second kappa shape index (κ2) is 7.24. The first kappa shape index (κ1) is 14.8. The summed E-state index contributed by atoms with van der Waals surface area (Å²) in [6.45, 7) is 3.39. The number of nitrogens with two attached hydrogens (primary N) is 1. The van der Waals surface area contributed by atoms with Gasteiger partial charge in [0.2, 0.25) is 5.91 Å². The highest BCUT2D eigenvalue weighted by molar-refractivity contribution is 6.33. The van der Waals surface area contributed by atoms with Gasteiger partial charge in [0.15, 0.2) is 0 Å². The van der Waals surface area contributed by atoms with Gasteiger partial charge in [0, 0.05) is 5.69 Å². The maximum atomic E-state index is 11.8. The highest BCUT2D eigenvalue weighted by Crippen LogP contribution is 2.23. The molecule has 3 N–H and O–H groups in total. The van der Waals surface area contributed by atoms with Gasteiger partial charge < -0.3 is 11.1 Å². The van der Waals surface area contributed by atoms with Crippen LogP contribution in [0.4, 0.5) is 11.4 Å². The van der Waals surface area contributed by atoms with E-state index in [-0.39, 0.29) is 5.91 Å². The molecule has 0 aliphatic heterocycles. The van der Waals surface area contributed by atoms with Crippen molar-refractivity contribution in [2.24, 2.45) is 0 Å². The topological polar surface area (TPSA) is 58.4 Å². The van der Waals surface area contributed by atoms with Crippen molar-refractivity contribution in [3.8, 4) is 0 Å². The summed E-state index contributed by atoms with van der Waals surface area (Å²) in [6, 6.07) is 5.03. The van der Waals surface area contributed by atoms with Gasteiger partial charge in [-0.05, 0) is 38.2 Å². The number of carbonyl (C=O) groups excluding carboxylic acids is 1. The molecule has 18 heavy (non-hydrogen) atoms. The molecule has 0 aliphatic carbocycles. The highest BCUT2D eigenvalue weighted by Gasteiger charge is 2.08. The minimum Gasteiger partial charge on any atom is -0.399 e. The summed E-state index contributed by atoms with van der Waals surface area (Å²) in [5, 5.41) is 3.26. The van der Waals surface area contributed by atoms with E-state index in [1.165, 1.54) is 0 Å². The standard InChI is InChI=1S/C13H20ClN3O/c1-3-4-7-17(2)9-13(18)16-12-8-10(15)5-6-11(12)14/h5-6,8H,3-4,7,9,15H2,1-2H3,(H,16,18). The van der Waals surface area contributed by atoms with Crippen LogP contribution in [0.2, 0.25) is 5.02 Å². The third kappa shape index (κ3) is 4.94. The van der Waals surface area contributed by atoms with Gasteiger partial charge in [-0.25, -0.2) is 0 Å². The van der Waals surface area contributed by atoms with Gasteiger partial charge in [0.25, 0.3) is 0 Å². The van der Waals surface area contributed by atoms with Crippen molar-refractivity contribution >= 4 is 28.9 Å². The lowest BCUT2D eigenvalue weighted by molar-refractivity contribution is -0.117. The Bertz CT molecular complexity index is 409. The largest absolute Gasteiger partial charge is 0.399 e. The molecule has 4 nitrogen and oxygen atoms in total. The molecule has 0 bridgehead atoms. The number of anilines is 2. The number of halogens is 1. The van der Waals surface area contributed by atoms with Gasteiger partial charge >= 0.3 is 0 Å². The van der Waals surface area contributed by atoms with Crippen molar-refractivity contribution in [3.63, 3.8) is 0 Å². The molecule has 5 heteroatoms. The van der Waals surface area contributed by atoms with E-state index in [1.54, 1.807) is 18.2 Å². The van der Waals surface area contributed by atoms with Crippen molar-refractivity contribution < 1.29 is 4.79 Å². The Kier molecular flexibility index (Phi) is 5.95. The summed E-state index contributed by atoms with van der Waals surface area (Å²) in [5.74, 6) is -0.0823. The summed E-state index contributed by atoms with van der Waals surface area (Å²) < 4.78 is 0. The lowest BCUT2D eigenvalue weighted by Gasteiger charge is -2.16. The molecule has 0 aromatic heterocycles. The van der Waals surface area contributed by atoms with Crippen molar-refractivity contribution in [1.82, 2.24) is 4.90 Å². The number of unbranched alkanes of at least 4 members (excludes halogenated alkanes) is 1. The molecule has 0 spiro atoms. The van der Waals surface area contributed by atoms with Crippen molar-refractivity contribution in [1.29, 1.82) is 0 Å². The number of amides is 1. The van der Waals surface area contributed by atoms with Gasteiger partial charge in [-0.3, -0.25) is 9.69 Å². The molecule has 0 radical (unpaired) electrons. The highest BCUT2D eigenvalue weighted by atomic mass is 35.5. The van der Waals surface area contributed by atoms with E-state index in [9.17, 15) is 4.79 Å². The Labute approximate surface area is 113 Å². The Hall–Kier alpha value is -1.26. The molecule has 0 atom stereocenters. The van der Waals surface area contributed by atoms with E-state index in [2.05, 4.69) is 12.2 Å². The van der Waals surface area contributed by atoms with Crippen LogP contribution in [0, 0.1) is 0 Å². The summed E-state index contributed by atoms with van der Waals surface area (Å²) in [4.78, 5) is 13.8. The maximum Gasteiger partial charge on any atom is 0.238 e. The average Bonchev–Trinajstić information content (AvgIpc) is 2.31. The first-order chi connectivity index (χ1) is 8.52. The number of nitrogens with zero attached hydrogens (tertiary/aromatic N) is 1. The molecule has 1 rings (SSSR count). The van der Waals surface area contributed by atoms with Crippen LogP contribution in [0.25, 0.3) is 0 Å². The van der Waals surface area contributed by atoms with E-state index in [0.29, 0.717) is 22.9 Å². The molecule has 0 unspecified atom stereocenters. The fourth-order valence-electron chi connectivity index (χ4n) is 1.58. The van der Waals surface area contributed by atoms with Gasteiger partial charge in [-0.1, -0.05) is 24.9 Å². The molecule has 0 saturated carbocycles. The number of carbonyl (C=O) groups is 1. The normalized spacial score (nSPS) is 10.7. The molecule has 1 amide bonds. The summed E-state index contributed by atoms with van der Waals surface area (Å²) >= 11 is 5.98. The zero-order valence-corrected chi connectivity index (χ0v) is 11.6. The summed E-state index contributed by atoms with van der Waals surface area (Å²) in [5.41, 5.74) is 6.79. The lowest BCUT2D eigenvalue weighted by Crippen LogP contribution is -2.30. The van der Waals surface area contributed by atoms with E-state index >= 15 is 0 Å². The summed E-state index contributed by atoms with van der Waals surface area (Å²) in [7, 11) is 1.93. The third-order valence-corrected chi connectivity index (χ3v) is 2.90. The smallest absolute Gasteiger partial charge is 0.238 e. The zero-order chi connectivity index (χ0) is 13.5. The van der Waals surface area contributed by atoms with Crippen LogP contribution in [0.5, 0.6) is 0 Å². The monoisotopic (exact) mass is 269 g/mol. The Balaban J connectivity index is 2.51. The lowest BCUT2D eigenvalue weighted by atomic mass is 10.2. The van der Waals surface area contributed by atoms with E-state index in [4.69, 9.17) is 17.3 Å². The molecule has 0 heterocycles. The first-order valence-corrected chi connectivity index (χ1v) is 6.44. The molecule has 0 fully saturated rings. The van der Waals surface area contributed by atoms with Crippen molar-refractivity contribution in [2.45, 2.75) is 19.8 Å². The maximum absolute atomic E-state index is 11.8. The van der Waals surface area contributed by atoms with Gasteiger partial charge in [0.1, 0.15) is 0 Å². The molecular weight excluding hydrogens is 250 g/mol. The minimum absolute atomic E-state index is 0.0823. The molecule has 0 saturated heterocycles. The van der Waals surface area contributed by atoms with Gasteiger partial charge in [-0.15, -0.1) is 0 Å². The molecule has 1 aromatic carbocycles. The number of hydrogen-bond acceptors (Lipinski definition) is 3. The average molecular weight is 270 g/mol. The zero-order valence-electron chi connectivity index (χ0n) is 10.9. The van der Waals surface area contributed by atoms with Gasteiger partial charge in [0.05, 0.1) is 17.3 Å². The first-order valence-electron chi connectivity index (χ1n) is 6.06. The predicted molar refractivity (Wildman–Crippen MR) is 76.9 cm³/mol. The second-order valence-corrected chi connectivity index (χ2v) is 4.79. The van der Waals surface area contributed by atoms with E-state index in [0.717, 1.165) is 19.4 Å². The number of likely N-dealkylation sites (N-methyl/N-ethyl adjacent to an activating group) is 1. The predicted octanol–water partition coefficient (Wildman–Crippen LogP) is 2.59. The number of hydrogen-bond donors (Lipinski definition) is 2. The number of nitrogen functional groups attached to an aromatic ring is 1. The van der Waals surface area contributed by atoms with Crippen LogP contribution >= 0.6 is 11.6 Å². The van der Waals surface area contributed by atoms with Crippen molar-refractivity contribution in [3.05, 3.63) is 23.2 Å². The quantitative estimate of drug-likeness (QED) is 0.781. The minimum atomic E-state index is -0.0823. The third-order valence-electron chi connectivity index (χ3n) is 2.57. The number of rotatable bonds is 6. The molecular formula is C13H20ClN3O. The van der Waals surface area contributed by atoms with Crippen molar-refractivity contribution in [2.75, 3.05) is 31.2 Å². The molecule has 0 aliphatic rings. The summed E-state index contributed by atoms with van der Waals surface area (Å²) in [6.07, 6.45) is 2.20. The van der Waals surface area contributed by atoms with E-state index < -0.39 is 0 Å². The van der Waals surface area contributed by atoms with Crippen LogP contribution in [0.3, 0.4) is 0 Å². The van der Waals surface area contributed by atoms with Gasteiger partial charge in [-0.2, -0.15) is 0 Å².